The fraction of sp³-hybridized carbons (Fsp3) is 0.667. The molecule has 1 saturated carbocycles. The molecule has 2 aliphatic rings. The Bertz CT molecular complexity index is 605. The van der Waals surface area contributed by atoms with Crippen LogP contribution >= 0.6 is 24.8 Å². The van der Waals surface area contributed by atoms with E-state index in [1.54, 1.807) is 6.20 Å². The summed E-state index contributed by atoms with van der Waals surface area (Å²) >= 11 is 0. The monoisotopic (exact) mass is 358 g/mol. The lowest BCUT2D eigenvalue weighted by Gasteiger charge is -2.35. The molecular formula is C15H24Cl2N6. The molecule has 1 aliphatic carbocycles. The zero-order valence-electron chi connectivity index (χ0n) is 13.1. The second-order valence-corrected chi connectivity index (χ2v) is 6.28. The molecule has 23 heavy (non-hydrogen) atoms. The normalized spacial score (nSPS) is 19.6. The SMILES string of the molecule is Cl.Cl.c1n[nH]c2nc(N3CCN(CC4CCCC4)CC3)ncc12. The molecule has 1 N–H and O–H groups in total. The predicted molar refractivity (Wildman–Crippen MR) is 96.8 cm³/mol. The molecule has 0 amide bonds. The van der Waals surface area contributed by atoms with Gasteiger partial charge in [-0.25, -0.2) is 4.98 Å². The third kappa shape index (κ3) is 4.05. The second-order valence-electron chi connectivity index (χ2n) is 6.28. The molecule has 0 atom stereocenters. The van der Waals surface area contributed by atoms with Gasteiger partial charge in [-0.15, -0.1) is 24.8 Å². The number of halogens is 2. The van der Waals surface area contributed by atoms with Gasteiger partial charge in [-0.05, 0) is 18.8 Å². The van der Waals surface area contributed by atoms with Gasteiger partial charge in [0.1, 0.15) is 0 Å². The fourth-order valence-corrected chi connectivity index (χ4v) is 3.57. The summed E-state index contributed by atoms with van der Waals surface area (Å²) in [5, 5.41) is 7.89. The van der Waals surface area contributed by atoms with Gasteiger partial charge in [0.05, 0.1) is 11.6 Å². The molecule has 2 fully saturated rings. The molecule has 0 aromatic carbocycles. The van der Waals surface area contributed by atoms with Gasteiger partial charge in [-0.3, -0.25) is 10.00 Å². The first-order chi connectivity index (χ1) is 10.4. The zero-order valence-corrected chi connectivity index (χ0v) is 14.8. The molecule has 8 heteroatoms. The number of fused-ring (bicyclic) bond motifs is 1. The standard InChI is InChI=1S/C15H22N6.2ClH/c1-2-4-12(3-1)11-20-5-7-21(8-6-20)15-16-9-13-10-17-19-14(13)18-15;;/h9-10,12H,1-8,11H2,(H,16,17,18,19);2*1H. The highest BCUT2D eigenvalue weighted by Crippen LogP contribution is 2.26. The summed E-state index contributed by atoms with van der Waals surface area (Å²) in [6, 6.07) is 0. The number of hydrogen-bond donors (Lipinski definition) is 1. The van der Waals surface area contributed by atoms with Crippen molar-refractivity contribution < 1.29 is 0 Å². The van der Waals surface area contributed by atoms with Crippen molar-refractivity contribution in [2.45, 2.75) is 25.7 Å². The molecule has 0 spiro atoms. The summed E-state index contributed by atoms with van der Waals surface area (Å²) in [6.07, 6.45) is 9.34. The van der Waals surface area contributed by atoms with Crippen molar-refractivity contribution in [1.82, 2.24) is 25.1 Å². The van der Waals surface area contributed by atoms with Crippen molar-refractivity contribution in [3.8, 4) is 0 Å². The molecule has 1 saturated heterocycles. The van der Waals surface area contributed by atoms with Crippen LogP contribution in [0.4, 0.5) is 5.95 Å². The quantitative estimate of drug-likeness (QED) is 0.913. The minimum Gasteiger partial charge on any atom is -0.338 e. The molecule has 0 radical (unpaired) electrons. The Morgan fingerprint density at radius 2 is 1.78 bits per heavy atom. The summed E-state index contributed by atoms with van der Waals surface area (Å²) in [5.74, 6) is 1.77. The van der Waals surface area contributed by atoms with E-state index < -0.39 is 0 Å². The number of aromatic amines is 1. The van der Waals surface area contributed by atoms with Crippen molar-refractivity contribution in [2.75, 3.05) is 37.6 Å². The highest BCUT2D eigenvalue weighted by molar-refractivity contribution is 5.85. The van der Waals surface area contributed by atoms with E-state index in [-0.39, 0.29) is 24.8 Å². The average molecular weight is 359 g/mol. The van der Waals surface area contributed by atoms with Gasteiger partial charge in [0.25, 0.3) is 0 Å². The molecular weight excluding hydrogens is 335 g/mol. The highest BCUT2D eigenvalue weighted by Gasteiger charge is 2.23. The van der Waals surface area contributed by atoms with Crippen LogP contribution in [0, 0.1) is 5.92 Å². The minimum atomic E-state index is 0. The van der Waals surface area contributed by atoms with E-state index in [4.69, 9.17) is 0 Å². The predicted octanol–water partition coefficient (Wildman–Crippen LogP) is 2.51. The third-order valence-corrected chi connectivity index (χ3v) is 4.82. The molecule has 3 heterocycles. The number of rotatable bonds is 3. The number of H-pyrrole nitrogens is 1. The van der Waals surface area contributed by atoms with Crippen molar-refractivity contribution in [1.29, 1.82) is 0 Å². The summed E-state index contributed by atoms with van der Waals surface area (Å²) in [6.45, 7) is 5.58. The molecule has 0 unspecified atom stereocenters. The van der Waals surface area contributed by atoms with Crippen LogP contribution in [0.3, 0.4) is 0 Å². The van der Waals surface area contributed by atoms with Crippen LogP contribution in [0.2, 0.25) is 0 Å². The average Bonchev–Trinajstić information content (AvgIpc) is 3.18. The van der Waals surface area contributed by atoms with Gasteiger partial charge in [0, 0.05) is 38.9 Å². The van der Waals surface area contributed by atoms with Crippen LogP contribution in [0.5, 0.6) is 0 Å². The zero-order chi connectivity index (χ0) is 14.1. The van der Waals surface area contributed by atoms with Crippen LogP contribution in [-0.2, 0) is 0 Å². The first-order valence-electron chi connectivity index (χ1n) is 8.02. The summed E-state index contributed by atoms with van der Waals surface area (Å²) < 4.78 is 0. The van der Waals surface area contributed by atoms with Crippen molar-refractivity contribution >= 4 is 41.8 Å². The van der Waals surface area contributed by atoms with Gasteiger partial charge in [0.15, 0.2) is 5.65 Å². The van der Waals surface area contributed by atoms with Crippen molar-refractivity contribution in [2.24, 2.45) is 5.92 Å². The molecule has 2 aromatic heterocycles. The van der Waals surface area contributed by atoms with E-state index in [0.29, 0.717) is 0 Å². The Morgan fingerprint density at radius 3 is 2.52 bits per heavy atom. The van der Waals surface area contributed by atoms with E-state index in [2.05, 4.69) is 30.0 Å². The number of anilines is 1. The topological polar surface area (TPSA) is 60.9 Å². The number of nitrogens with one attached hydrogen (secondary N) is 1. The van der Waals surface area contributed by atoms with Crippen LogP contribution in [0.1, 0.15) is 25.7 Å². The maximum Gasteiger partial charge on any atom is 0.227 e. The smallest absolute Gasteiger partial charge is 0.227 e. The molecule has 6 nitrogen and oxygen atoms in total. The largest absolute Gasteiger partial charge is 0.338 e. The van der Waals surface area contributed by atoms with Gasteiger partial charge in [0.2, 0.25) is 5.95 Å². The van der Waals surface area contributed by atoms with E-state index in [0.717, 1.165) is 49.1 Å². The Kier molecular flexibility index (Phi) is 6.44. The second kappa shape index (κ2) is 8.13. The molecule has 0 bridgehead atoms. The lowest BCUT2D eigenvalue weighted by Crippen LogP contribution is -2.48. The van der Waals surface area contributed by atoms with Gasteiger partial charge < -0.3 is 4.90 Å². The molecule has 128 valence electrons. The number of hydrogen-bond acceptors (Lipinski definition) is 5. The maximum atomic E-state index is 4.57. The Labute approximate surface area is 148 Å². The Balaban J connectivity index is 0.000000960. The number of nitrogens with zero attached hydrogens (tertiary/aromatic N) is 5. The molecule has 4 rings (SSSR count). The summed E-state index contributed by atoms with van der Waals surface area (Å²) in [5.41, 5.74) is 0.827. The van der Waals surface area contributed by atoms with Crippen molar-refractivity contribution in [3.63, 3.8) is 0 Å². The van der Waals surface area contributed by atoms with E-state index in [1.165, 1.54) is 32.2 Å². The lowest BCUT2D eigenvalue weighted by atomic mass is 10.1. The third-order valence-electron chi connectivity index (χ3n) is 4.82. The van der Waals surface area contributed by atoms with E-state index in [9.17, 15) is 0 Å². The Hall–Kier alpha value is -1.11. The number of piperazine rings is 1. The van der Waals surface area contributed by atoms with E-state index >= 15 is 0 Å². The first-order valence-corrected chi connectivity index (χ1v) is 8.02. The Morgan fingerprint density at radius 1 is 1.04 bits per heavy atom. The first kappa shape index (κ1) is 18.2. The van der Waals surface area contributed by atoms with Crippen molar-refractivity contribution in [3.05, 3.63) is 12.4 Å². The van der Waals surface area contributed by atoms with E-state index in [1.807, 2.05) is 6.20 Å². The van der Waals surface area contributed by atoms with Crippen LogP contribution in [-0.4, -0.2) is 57.8 Å². The fourth-order valence-electron chi connectivity index (χ4n) is 3.57. The van der Waals surface area contributed by atoms with Gasteiger partial charge in [-0.2, -0.15) is 10.1 Å². The molecule has 1 aliphatic heterocycles. The minimum absolute atomic E-state index is 0. The number of aromatic nitrogens is 4. The molecule has 2 aromatic rings. The van der Waals surface area contributed by atoms with Gasteiger partial charge >= 0.3 is 0 Å². The summed E-state index contributed by atoms with van der Waals surface area (Å²) in [7, 11) is 0. The van der Waals surface area contributed by atoms with Crippen LogP contribution in [0.15, 0.2) is 12.4 Å². The summed E-state index contributed by atoms with van der Waals surface area (Å²) in [4.78, 5) is 13.9. The maximum absolute atomic E-state index is 4.57. The van der Waals surface area contributed by atoms with Crippen LogP contribution in [0.25, 0.3) is 11.0 Å². The highest BCUT2D eigenvalue weighted by atomic mass is 35.5. The van der Waals surface area contributed by atoms with Crippen LogP contribution < -0.4 is 4.90 Å². The van der Waals surface area contributed by atoms with Gasteiger partial charge in [-0.1, -0.05) is 12.8 Å². The lowest BCUT2D eigenvalue weighted by molar-refractivity contribution is 0.219.